The number of aromatic nitrogens is 2. The number of carbonyl (C=O) groups is 1. The van der Waals surface area contributed by atoms with Gasteiger partial charge in [0.1, 0.15) is 22.9 Å². The first-order valence-corrected chi connectivity index (χ1v) is 7.15. The molecule has 23 heavy (non-hydrogen) atoms. The Morgan fingerprint density at radius 3 is 2.65 bits per heavy atom. The lowest BCUT2D eigenvalue weighted by atomic mass is 10.2. The normalized spacial score (nSPS) is 10.9. The number of phenolic OH excluding ortho intramolecular Hbond substituents is 2. The highest BCUT2D eigenvalue weighted by molar-refractivity contribution is 6.36. The van der Waals surface area contributed by atoms with Gasteiger partial charge in [-0.25, -0.2) is 9.78 Å². The first-order valence-electron chi connectivity index (χ1n) is 6.40. The molecule has 0 atom stereocenters. The number of methoxy groups -OCH3 is 1. The second-order valence-electron chi connectivity index (χ2n) is 4.75. The lowest BCUT2D eigenvalue weighted by Crippen LogP contribution is -2.01. The summed E-state index contributed by atoms with van der Waals surface area (Å²) in [6.07, 6.45) is 0. The molecular formula is C15H10Cl2N2O4. The number of aromatic amines is 1. The molecule has 0 fully saturated rings. The van der Waals surface area contributed by atoms with Crippen LogP contribution >= 0.6 is 23.2 Å². The van der Waals surface area contributed by atoms with Gasteiger partial charge in [-0.15, -0.1) is 0 Å². The molecule has 1 aromatic heterocycles. The molecule has 0 unspecified atom stereocenters. The summed E-state index contributed by atoms with van der Waals surface area (Å²) in [6.45, 7) is 0. The van der Waals surface area contributed by atoms with E-state index in [1.54, 1.807) is 0 Å². The number of nitrogens with zero attached hydrogens (tertiary/aromatic N) is 1. The third-order valence-electron chi connectivity index (χ3n) is 3.29. The van der Waals surface area contributed by atoms with Crippen LogP contribution < -0.4 is 0 Å². The van der Waals surface area contributed by atoms with Gasteiger partial charge in [-0.1, -0.05) is 23.2 Å². The van der Waals surface area contributed by atoms with Crippen molar-refractivity contribution >= 4 is 40.2 Å². The van der Waals surface area contributed by atoms with E-state index in [2.05, 4.69) is 14.7 Å². The Morgan fingerprint density at radius 1 is 1.22 bits per heavy atom. The van der Waals surface area contributed by atoms with Crippen LogP contribution in [0.25, 0.3) is 22.4 Å². The Morgan fingerprint density at radius 2 is 1.96 bits per heavy atom. The van der Waals surface area contributed by atoms with E-state index >= 15 is 0 Å². The highest BCUT2D eigenvalue weighted by Crippen LogP contribution is 2.37. The zero-order valence-corrected chi connectivity index (χ0v) is 13.2. The number of fused-ring (bicyclic) bond motifs is 1. The first kappa shape index (κ1) is 15.5. The molecule has 3 N–H and O–H groups in total. The van der Waals surface area contributed by atoms with E-state index in [-0.39, 0.29) is 22.1 Å². The molecule has 118 valence electrons. The summed E-state index contributed by atoms with van der Waals surface area (Å²) in [7, 11) is 1.22. The molecule has 3 rings (SSSR count). The third kappa shape index (κ3) is 2.67. The molecule has 0 saturated carbocycles. The molecule has 8 heteroatoms. The number of phenols is 2. The van der Waals surface area contributed by atoms with Gasteiger partial charge in [0.15, 0.2) is 0 Å². The molecule has 0 radical (unpaired) electrons. The Kier molecular flexibility index (Phi) is 3.79. The van der Waals surface area contributed by atoms with Crippen molar-refractivity contribution in [1.82, 2.24) is 9.97 Å². The SMILES string of the molecule is COC(=O)c1cc2[nH]c(-c3cc(Cl)cc(Cl)c3O)nc2cc1O. The predicted molar refractivity (Wildman–Crippen MR) is 86.2 cm³/mol. The van der Waals surface area contributed by atoms with Crippen molar-refractivity contribution in [2.45, 2.75) is 0 Å². The van der Waals surface area contributed by atoms with Gasteiger partial charge < -0.3 is 19.9 Å². The quantitative estimate of drug-likeness (QED) is 0.610. The number of hydrogen-bond donors (Lipinski definition) is 3. The van der Waals surface area contributed by atoms with E-state index in [4.69, 9.17) is 23.2 Å². The number of nitrogens with one attached hydrogen (secondary N) is 1. The number of hydrogen-bond acceptors (Lipinski definition) is 5. The van der Waals surface area contributed by atoms with Crippen molar-refractivity contribution in [3.63, 3.8) is 0 Å². The van der Waals surface area contributed by atoms with Gasteiger partial charge in [-0.3, -0.25) is 0 Å². The lowest BCUT2D eigenvalue weighted by Gasteiger charge is -2.04. The van der Waals surface area contributed by atoms with Gasteiger partial charge in [-0.2, -0.15) is 0 Å². The van der Waals surface area contributed by atoms with Crippen LogP contribution in [0.3, 0.4) is 0 Å². The number of ether oxygens (including phenoxy) is 1. The smallest absolute Gasteiger partial charge is 0.341 e. The number of benzene rings is 2. The molecule has 0 aliphatic rings. The second-order valence-corrected chi connectivity index (χ2v) is 5.59. The molecule has 0 amide bonds. The van der Waals surface area contributed by atoms with Crippen LogP contribution in [0.4, 0.5) is 0 Å². The standard InChI is InChI=1S/C15H10Cl2N2O4/c1-23-15(22)7-4-10-11(5-12(7)20)19-14(18-10)8-2-6(16)3-9(17)13(8)21/h2-5,20-21H,1H3,(H,18,19). The van der Waals surface area contributed by atoms with Crippen molar-refractivity contribution < 1.29 is 19.7 Å². The van der Waals surface area contributed by atoms with Crippen LogP contribution in [0.1, 0.15) is 10.4 Å². The topological polar surface area (TPSA) is 95.4 Å². The Hall–Kier alpha value is -2.44. The summed E-state index contributed by atoms with van der Waals surface area (Å²) in [6, 6.07) is 5.65. The number of rotatable bonds is 2. The van der Waals surface area contributed by atoms with E-state index in [1.807, 2.05) is 0 Å². The number of imidazole rings is 1. The van der Waals surface area contributed by atoms with Gasteiger partial charge in [-0.05, 0) is 18.2 Å². The number of carbonyl (C=O) groups excluding carboxylic acids is 1. The fraction of sp³-hybridized carbons (Fsp3) is 0.0667. The van der Waals surface area contributed by atoms with E-state index < -0.39 is 5.97 Å². The van der Waals surface area contributed by atoms with Crippen LogP contribution in [-0.4, -0.2) is 33.3 Å². The van der Waals surface area contributed by atoms with Gasteiger partial charge in [0.2, 0.25) is 0 Å². The van der Waals surface area contributed by atoms with Crippen molar-refractivity contribution in [3.8, 4) is 22.9 Å². The average Bonchev–Trinajstić information content (AvgIpc) is 2.91. The van der Waals surface area contributed by atoms with Crippen molar-refractivity contribution in [1.29, 1.82) is 0 Å². The van der Waals surface area contributed by atoms with Crippen molar-refractivity contribution in [3.05, 3.63) is 39.9 Å². The molecule has 2 aromatic carbocycles. The highest BCUT2D eigenvalue weighted by Gasteiger charge is 2.17. The molecule has 0 saturated heterocycles. The molecule has 1 heterocycles. The fourth-order valence-corrected chi connectivity index (χ4v) is 2.69. The molecule has 0 spiro atoms. The van der Waals surface area contributed by atoms with E-state index in [0.29, 0.717) is 27.4 Å². The summed E-state index contributed by atoms with van der Waals surface area (Å²) in [5.41, 5.74) is 1.19. The predicted octanol–water partition coefficient (Wildman–Crippen LogP) is 3.73. The maximum absolute atomic E-state index is 11.6. The Labute approximate surface area is 140 Å². The van der Waals surface area contributed by atoms with Gasteiger partial charge in [0.25, 0.3) is 0 Å². The summed E-state index contributed by atoms with van der Waals surface area (Å²) in [5, 5.41) is 20.4. The van der Waals surface area contributed by atoms with E-state index in [0.717, 1.165) is 0 Å². The fourth-order valence-electron chi connectivity index (χ4n) is 2.19. The van der Waals surface area contributed by atoms with Crippen LogP contribution in [0.15, 0.2) is 24.3 Å². The van der Waals surface area contributed by atoms with Crippen LogP contribution in [0.2, 0.25) is 10.0 Å². The second kappa shape index (κ2) is 5.64. The van der Waals surface area contributed by atoms with Crippen LogP contribution in [0, 0.1) is 0 Å². The van der Waals surface area contributed by atoms with E-state index in [9.17, 15) is 15.0 Å². The minimum absolute atomic E-state index is 0.00329. The van der Waals surface area contributed by atoms with E-state index in [1.165, 1.54) is 31.4 Å². The largest absolute Gasteiger partial charge is 0.507 e. The maximum atomic E-state index is 11.6. The lowest BCUT2D eigenvalue weighted by molar-refractivity contribution is 0.0597. The van der Waals surface area contributed by atoms with Gasteiger partial charge >= 0.3 is 5.97 Å². The monoisotopic (exact) mass is 352 g/mol. The molecule has 0 aliphatic heterocycles. The zero-order chi connectivity index (χ0) is 16.7. The summed E-state index contributed by atoms with van der Waals surface area (Å²) in [5.74, 6) is -0.805. The number of halogens is 2. The third-order valence-corrected chi connectivity index (χ3v) is 3.79. The molecule has 0 aliphatic carbocycles. The Balaban J connectivity index is 2.20. The number of H-pyrrole nitrogens is 1. The Bertz CT molecular complexity index is 937. The minimum Gasteiger partial charge on any atom is -0.507 e. The molecular weight excluding hydrogens is 343 g/mol. The number of aromatic hydroxyl groups is 2. The average molecular weight is 353 g/mol. The summed E-state index contributed by atoms with van der Waals surface area (Å²) >= 11 is 11.8. The van der Waals surface area contributed by atoms with Crippen molar-refractivity contribution in [2.24, 2.45) is 0 Å². The highest BCUT2D eigenvalue weighted by atomic mass is 35.5. The maximum Gasteiger partial charge on any atom is 0.341 e. The molecule has 3 aromatic rings. The van der Waals surface area contributed by atoms with Gasteiger partial charge in [0, 0.05) is 11.1 Å². The summed E-state index contributed by atoms with van der Waals surface area (Å²) < 4.78 is 4.60. The first-order chi connectivity index (χ1) is 10.9. The number of esters is 1. The summed E-state index contributed by atoms with van der Waals surface area (Å²) in [4.78, 5) is 18.8. The zero-order valence-electron chi connectivity index (χ0n) is 11.7. The molecule has 0 bridgehead atoms. The van der Waals surface area contributed by atoms with Crippen LogP contribution in [-0.2, 0) is 4.74 Å². The van der Waals surface area contributed by atoms with Crippen LogP contribution in [0.5, 0.6) is 11.5 Å². The van der Waals surface area contributed by atoms with Crippen molar-refractivity contribution in [2.75, 3.05) is 7.11 Å². The molecule has 6 nitrogen and oxygen atoms in total. The van der Waals surface area contributed by atoms with Gasteiger partial charge in [0.05, 0.1) is 28.7 Å². The minimum atomic E-state index is -0.672.